The van der Waals surface area contributed by atoms with Crippen LogP contribution in [0, 0.1) is 31.6 Å². The molecule has 1 aromatic carbocycles. The van der Waals surface area contributed by atoms with E-state index in [1.807, 2.05) is 52.2 Å². The van der Waals surface area contributed by atoms with Crippen LogP contribution in [-0.2, 0) is 11.3 Å². The molecule has 3 aromatic rings. The van der Waals surface area contributed by atoms with E-state index in [1.54, 1.807) is 16.9 Å². The van der Waals surface area contributed by atoms with Crippen molar-refractivity contribution in [2.45, 2.75) is 52.1 Å². The zero-order valence-electron chi connectivity index (χ0n) is 22.1. The predicted octanol–water partition coefficient (Wildman–Crippen LogP) is 3.62. The Morgan fingerprint density at radius 1 is 1.08 bits per heavy atom. The first-order valence-corrected chi connectivity index (χ1v) is 13.2. The summed E-state index contributed by atoms with van der Waals surface area (Å²) in [4.78, 5) is 29.1. The lowest BCUT2D eigenvalue weighted by atomic mass is 9.88. The lowest BCUT2D eigenvalue weighted by molar-refractivity contribution is -0.119. The number of hydrogen-bond acceptors (Lipinski definition) is 5. The summed E-state index contributed by atoms with van der Waals surface area (Å²) in [6.45, 7) is 5.35. The van der Waals surface area contributed by atoms with E-state index in [0.29, 0.717) is 29.8 Å². The van der Waals surface area contributed by atoms with E-state index in [1.165, 1.54) is 0 Å². The SMILES string of the molecule is Cc1n[nH]c(C)c1-c1ccc(NC(=O)[C@@H](NC(=O)c2ccnn2CCN(C)C)C(C2CC2)C2CC2)cc1. The standard InChI is InChI=1S/C28H37N7O2/c1-17-24(18(2)33-32-17)19-9-11-22(12-10-19)30-28(37)26(25(20-5-6-20)21-7-8-21)31-27(36)23-13-14-29-35(23)16-15-34(3)4/h9-14,20-21,25-26H,5-8,15-16H2,1-4H3,(H,30,37)(H,31,36)(H,32,33)/t26-/m0/s1. The van der Waals surface area contributed by atoms with Crippen molar-refractivity contribution >= 4 is 17.5 Å². The fourth-order valence-electron chi connectivity index (χ4n) is 5.36. The third kappa shape index (κ3) is 5.77. The largest absolute Gasteiger partial charge is 0.339 e. The average Bonchev–Trinajstić information content (AvgIpc) is 3.80. The van der Waals surface area contributed by atoms with Crippen molar-refractivity contribution in [2.75, 3.05) is 26.0 Å². The van der Waals surface area contributed by atoms with Gasteiger partial charge in [-0.3, -0.25) is 19.4 Å². The number of carbonyl (C=O) groups excluding carboxylic acids is 2. The minimum Gasteiger partial charge on any atom is -0.339 e. The number of rotatable bonds is 11. The Balaban J connectivity index is 1.33. The molecular formula is C28H37N7O2. The van der Waals surface area contributed by atoms with Crippen LogP contribution in [0.25, 0.3) is 11.1 Å². The van der Waals surface area contributed by atoms with Crippen LogP contribution in [0.1, 0.15) is 47.6 Å². The van der Waals surface area contributed by atoms with Crippen LogP contribution >= 0.6 is 0 Å². The maximum absolute atomic E-state index is 13.7. The van der Waals surface area contributed by atoms with Gasteiger partial charge in [0.05, 0.1) is 12.2 Å². The normalized spacial score (nSPS) is 16.3. The van der Waals surface area contributed by atoms with Gasteiger partial charge >= 0.3 is 0 Å². The summed E-state index contributed by atoms with van der Waals surface area (Å²) in [5.74, 6) is 0.759. The monoisotopic (exact) mass is 503 g/mol. The zero-order chi connectivity index (χ0) is 26.1. The average molecular weight is 504 g/mol. The molecule has 2 aliphatic rings. The van der Waals surface area contributed by atoms with E-state index in [0.717, 1.165) is 54.7 Å². The highest BCUT2D eigenvalue weighted by atomic mass is 16.2. The first-order chi connectivity index (χ1) is 17.8. The Bertz CT molecular complexity index is 1220. The first-order valence-electron chi connectivity index (χ1n) is 13.2. The summed E-state index contributed by atoms with van der Waals surface area (Å²) in [5, 5.41) is 17.8. The van der Waals surface area contributed by atoms with Gasteiger partial charge in [-0.1, -0.05) is 12.1 Å². The number of aromatic amines is 1. The number of amides is 2. The molecule has 2 aliphatic carbocycles. The molecule has 0 radical (unpaired) electrons. The van der Waals surface area contributed by atoms with E-state index in [4.69, 9.17) is 0 Å². The molecule has 9 nitrogen and oxygen atoms in total. The molecule has 5 rings (SSSR count). The van der Waals surface area contributed by atoms with Crippen molar-refractivity contribution in [3.8, 4) is 11.1 Å². The maximum atomic E-state index is 13.7. The van der Waals surface area contributed by atoms with Crippen molar-refractivity contribution in [1.82, 2.24) is 30.2 Å². The van der Waals surface area contributed by atoms with Crippen molar-refractivity contribution < 1.29 is 9.59 Å². The number of carbonyl (C=O) groups is 2. The molecule has 0 aliphatic heterocycles. The Morgan fingerprint density at radius 3 is 2.32 bits per heavy atom. The van der Waals surface area contributed by atoms with E-state index < -0.39 is 6.04 Å². The molecule has 0 saturated heterocycles. The van der Waals surface area contributed by atoms with Gasteiger partial charge < -0.3 is 15.5 Å². The summed E-state index contributed by atoms with van der Waals surface area (Å²) in [6, 6.07) is 8.97. The summed E-state index contributed by atoms with van der Waals surface area (Å²) in [5.41, 5.74) is 5.29. The smallest absolute Gasteiger partial charge is 0.270 e. The number of aromatic nitrogens is 4. The number of nitrogens with zero attached hydrogens (tertiary/aromatic N) is 4. The zero-order valence-corrected chi connectivity index (χ0v) is 22.1. The highest BCUT2D eigenvalue weighted by Gasteiger charge is 2.48. The van der Waals surface area contributed by atoms with Crippen LogP contribution in [-0.4, -0.2) is 63.4 Å². The van der Waals surface area contributed by atoms with Crippen molar-refractivity contribution in [1.29, 1.82) is 0 Å². The second-order valence-corrected chi connectivity index (χ2v) is 10.8. The Hall–Kier alpha value is -3.46. The number of hydrogen-bond donors (Lipinski definition) is 3. The van der Waals surface area contributed by atoms with Gasteiger partial charge in [0, 0.05) is 29.7 Å². The number of H-pyrrole nitrogens is 1. The molecule has 0 bridgehead atoms. The Kier molecular flexibility index (Phi) is 7.15. The van der Waals surface area contributed by atoms with Gasteiger partial charge in [-0.15, -0.1) is 0 Å². The summed E-state index contributed by atoms with van der Waals surface area (Å²) in [7, 11) is 3.98. The van der Waals surface area contributed by atoms with Gasteiger partial charge in [0.25, 0.3) is 5.91 Å². The maximum Gasteiger partial charge on any atom is 0.270 e. The molecule has 1 atom stereocenters. The van der Waals surface area contributed by atoms with E-state index in [2.05, 4.69) is 30.8 Å². The van der Waals surface area contributed by atoms with Gasteiger partial charge in [0.1, 0.15) is 11.7 Å². The van der Waals surface area contributed by atoms with Crippen LogP contribution in [0.15, 0.2) is 36.5 Å². The van der Waals surface area contributed by atoms with Crippen LogP contribution < -0.4 is 10.6 Å². The van der Waals surface area contributed by atoms with Gasteiger partial charge in [-0.2, -0.15) is 10.2 Å². The van der Waals surface area contributed by atoms with Gasteiger partial charge in [-0.05, 0) is 95.1 Å². The molecule has 37 heavy (non-hydrogen) atoms. The third-order valence-electron chi connectivity index (χ3n) is 7.56. The Labute approximate surface area is 218 Å². The van der Waals surface area contributed by atoms with Crippen molar-refractivity contribution in [3.05, 3.63) is 53.6 Å². The highest BCUT2D eigenvalue weighted by Crippen LogP contribution is 2.51. The van der Waals surface area contributed by atoms with E-state index in [9.17, 15) is 9.59 Å². The molecule has 9 heteroatoms. The van der Waals surface area contributed by atoms with Crippen LogP contribution in [0.2, 0.25) is 0 Å². The van der Waals surface area contributed by atoms with Gasteiger partial charge in [0.2, 0.25) is 5.91 Å². The fraction of sp³-hybridized carbons (Fsp3) is 0.500. The predicted molar refractivity (Wildman–Crippen MR) is 143 cm³/mol. The molecule has 196 valence electrons. The molecule has 2 fully saturated rings. The first kappa shape index (κ1) is 25.2. The number of benzene rings is 1. The number of likely N-dealkylation sites (N-methyl/N-ethyl adjacent to an activating group) is 1. The van der Waals surface area contributed by atoms with Crippen LogP contribution in [0.5, 0.6) is 0 Å². The molecule has 2 aromatic heterocycles. The van der Waals surface area contributed by atoms with Crippen molar-refractivity contribution in [3.63, 3.8) is 0 Å². The lowest BCUT2D eigenvalue weighted by Gasteiger charge is -2.27. The molecule has 2 heterocycles. The second-order valence-electron chi connectivity index (χ2n) is 10.8. The molecular weight excluding hydrogens is 466 g/mol. The van der Waals surface area contributed by atoms with Crippen LogP contribution in [0.4, 0.5) is 5.69 Å². The summed E-state index contributed by atoms with van der Waals surface area (Å²) in [6.07, 6.45) is 6.14. The second kappa shape index (κ2) is 10.5. The minimum atomic E-state index is -0.581. The molecule has 0 unspecified atom stereocenters. The molecule has 0 spiro atoms. The fourth-order valence-corrected chi connectivity index (χ4v) is 5.36. The highest BCUT2D eigenvalue weighted by molar-refractivity contribution is 6.01. The Morgan fingerprint density at radius 2 is 1.76 bits per heavy atom. The molecule has 3 N–H and O–H groups in total. The van der Waals surface area contributed by atoms with Crippen LogP contribution in [0.3, 0.4) is 0 Å². The summed E-state index contributed by atoms with van der Waals surface area (Å²) >= 11 is 0. The quantitative estimate of drug-likeness (QED) is 0.370. The minimum absolute atomic E-state index is 0.153. The summed E-state index contributed by atoms with van der Waals surface area (Å²) < 4.78 is 1.71. The van der Waals surface area contributed by atoms with E-state index in [-0.39, 0.29) is 17.7 Å². The number of nitrogens with one attached hydrogen (secondary N) is 3. The van der Waals surface area contributed by atoms with Crippen molar-refractivity contribution in [2.24, 2.45) is 17.8 Å². The number of aryl methyl sites for hydroxylation is 2. The topological polar surface area (TPSA) is 108 Å². The molecule has 2 saturated carbocycles. The van der Waals surface area contributed by atoms with Gasteiger partial charge in [0.15, 0.2) is 0 Å². The lowest BCUT2D eigenvalue weighted by Crippen LogP contribution is -2.50. The molecule has 2 amide bonds. The third-order valence-corrected chi connectivity index (χ3v) is 7.56. The van der Waals surface area contributed by atoms with Gasteiger partial charge in [-0.25, -0.2) is 0 Å². The van der Waals surface area contributed by atoms with E-state index >= 15 is 0 Å². The number of anilines is 1.